The van der Waals surface area contributed by atoms with Crippen molar-refractivity contribution in [2.45, 2.75) is 84.2 Å². The van der Waals surface area contributed by atoms with E-state index < -0.39 is 12.2 Å². The van der Waals surface area contributed by atoms with Crippen LogP contribution < -0.4 is 15.4 Å². The van der Waals surface area contributed by atoms with Crippen LogP contribution in [0.3, 0.4) is 0 Å². The first-order valence-corrected chi connectivity index (χ1v) is 20.1. The number of aromatic nitrogens is 4. The highest BCUT2D eigenvalue weighted by Crippen LogP contribution is 2.43. The normalized spacial score (nSPS) is 19.6. The number of carbonyl (C=O) groups is 4. The van der Waals surface area contributed by atoms with E-state index in [0.29, 0.717) is 43.2 Å². The van der Waals surface area contributed by atoms with Crippen LogP contribution in [0.4, 0.5) is 9.59 Å². The molecule has 0 radical (unpaired) electrons. The van der Waals surface area contributed by atoms with Crippen molar-refractivity contribution in [1.29, 1.82) is 0 Å². The average Bonchev–Trinajstić information content (AvgIpc) is 4.07. The zero-order valence-corrected chi connectivity index (χ0v) is 33.4. The molecule has 3 heterocycles. The second kappa shape index (κ2) is 16.4. The summed E-state index contributed by atoms with van der Waals surface area (Å²) in [6.07, 6.45) is 6.53. The number of hydrogen-bond acceptors (Lipinski definition) is 9. The quantitative estimate of drug-likeness (QED) is 0.117. The van der Waals surface area contributed by atoms with Crippen LogP contribution >= 0.6 is 0 Å². The highest BCUT2D eigenvalue weighted by atomic mass is 16.5. The predicted octanol–water partition coefficient (Wildman–Crippen LogP) is 6.41. The van der Waals surface area contributed by atoms with Gasteiger partial charge in [0.25, 0.3) is 0 Å². The van der Waals surface area contributed by atoms with E-state index in [9.17, 15) is 19.2 Å². The van der Waals surface area contributed by atoms with Gasteiger partial charge in [-0.25, -0.2) is 19.6 Å². The summed E-state index contributed by atoms with van der Waals surface area (Å²) in [5.41, 5.74) is 6.58. The Balaban J connectivity index is 1.02. The van der Waals surface area contributed by atoms with Crippen molar-refractivity contribution >= 4 is 45.8 Å². The standard InChI is InChI=1S/C43H50N8O7/c1-24-7-5-9-34(24)50(39(52)19-45-42(54)56-3)21-37-44-18-33(48-37)27-11-13-29-28(15-27)23-58-36-17-30-26(16-31(29)36)12-14-32-41(30)49-38(47-32)22-51(35-10-6-8-25(35)2)40(53)20-46-43(55)57-4/h11-18,24-25,34-35H,5-10,19-23H2,1-4H3,(H,44,48)(H,45,54)(H,46,55)(H,47,49)/t24-,25-,34+,35+/m1/s1. The summed E-state index contributed by atoms with van der Waals surface area (Å²) in [5, 5.41) is 7.02. The Labute approximate surface area is 336 Å². The number of alkyl carbamates (subject to hydrolysis) is 2. The van der Waals surface area contributed by atoms with E-state index in [0.717, 1.165) is 94.0 Å². The average molecular weight is 791 g/mol. The molecule has 0 bridgehead atoms. The number of hydrogen-bond donors (Lipinski definition) is 4. The van der Waals surface area contributed by atoms with E-state index in [-0.39, 0.29) is 37.0 Å². The number of rotatable bonds is 11. The zero-order valence-electron chi connectivity index (χ0n) is 33.4. The molecular weight excluding hydrogens is 741 g/mol. The molecule has 2 saturated carbocycles. The second-order valence-corrected chi connectivity index (χ2v) is 15.8. The number of fused-ring (bicyclic) bond motifs is 6. The Hall–Kier alpha value is -6.12. The van der Waals surface area contributed by atoms with Gasteiger partial charge in [0.15, 0.2) is 0 Å². The highest BCUT2D eigenvalue weighted by Gasteiger charge is 2.34. The SMILES string of the molecule is COC(=O)NCC(=O)N(Cc1ncc(-c2ccc3c(c2)COc2cc4c(ccc5[nH]c(CN(C(=O)CNC(=O)OC)[C@H]6CCC[C@H]6C)nc54)cc2-3)[nH]1)[C@H]1CCC[C@H]1C. The van der Waals surface area contributed by atoms with Gasteiger partial charge >= 0.3 is 12.2 Å². The molecule has 304 valence electrons. The highest BCUT2D eigenvalue weighted by molar-refractivity contribution is 6.07. The topological polar surface area (TPSA) is 184 Å². The molecule has 4 N–H and O–H groups in total. The molecule has 2 fully saturated rings. The van der Waals surface area contributed by atoms with Crippen LogP contribution in [0.5, 0.6) is 5.75 Å². The van der Waals surface area contributed by atoms with Crippen LogP contribution in [0.2, 0.25) is 0 Å². The summed E-state index contributed by atoms with van der Waals surface area (Å²) >= 11 is 0. The van der Waals surface area contributed by atoms with Crippen molar-refractivity contribution in [1.82, 2.24) is 40.4 Å². The summed E-state index contributed by atoms with van der Waals surface area (Å²) < 4.78 is 15.7. The minimum Gasteiger partial charge on any atom is -0.488 e. The maximum atomic E-state index is 13.4. The van der Waals surface area contributed by atoms with Crippen LogP contribution in [0.25, 0.3) is 44.2 Å². The molecule has 4 atom stereocenters. The van der Waals surface area contributed by atoms with E-state index >= 15 is 0 Å². The van der Waals surface area contributed by atoms with Gasteiger partial charge in [0, 0.05) is 23.0 Å². The van der Waals surface area contributed by atoms with Gasteiger partial charge in [-0.15, -0.1) is 0 Å². The summed E-state index contributed by atoms with van der Waals surface area (Å²) in [6, 6.07) is 14.7. The summed E-state index contributed by atoms with van der Waals surface area (Å²) in [6.45, 7) is 5.03. The predicted molar refractivity (Wildman–Crippen MR) is 216 cm³/mol. The molecular formula is C43H50N8O7. The number of aromatic amines is 2. The lowest BCUT2D eigenvalue weighted by Gasteiger charge is -2.31. The van der Waals surface area contributed by atoms with Crippen molar-refractivity contribution in [3.63, 3.8) is 0 Å². The van der Waals surface area contributed by atoms with Gasteiger partial charge in [0.05, 0.1) is 50.2 Å². The molecule has 0 unspecified atom stereocenters. The third kappa shape index (κ3) is 7.77. The molecule has 0 spiro atoms. The minimum atomic E-state index is -0.639. The van der Waals surface area contributed by atoms with Gasteiger partial charge in [-0.1, -0.05) is 44.9 Å². The van der Waals surface area contributed by atoms with Crippen LogP contribution in [0.15, 0.2) is 48.7 Å². The molecule has 4 amide bonds. The Kier molecular flexibility index (Phi) is 10.9. The monoisotopic (exact) mass is 790 g/mol. The number of ether oxygens (including phenoxy) is 3. The Morgan fingerprint density at radius 2 is 1.45 bits per heavy atom. The van der Waals surface area contributed by atoms with E-state index in [1.54, 1.807) is 6.20 Å². The van der Waals surface area contributed by atoms with E-state index in [1.165, 1.54) is 14.2 Å². The molecule has 58 heavy (non-hydrogen) atoms. The third-order valence-corrected chi connectivity index (χ3v) is 12.2. The Morgan fingerprint density at radius 1 is 0.793 bits per heavy atom. The maximum Gasteiger partial charge on any atom is 0.407 e. The number of amides is 4. The number of H-pyrrole nitrogens is 2. The lowest BCUT2D eigenvalue weighted by molar-refractivity contribution is -0.134. The Morgan fingerprint density at radius 3 is 2.07 bits per heavy atom. The van der Waals surface area contributed by atoms with Crippen molar-refractivity contribution in [2.24, 2.45) is 11.8 Å². The molecule has 3 aliphatic rings. The van der Waals surface area contributed by atoms with Crippen LogP contribution in [0, 0.1) is 11.8 Å². The van der Waals surface area contributed by atoms with E-state index in [2.05, 4.69) is 85.3 Å². The fourth-order valence-corrected chi connectivity index (χ4v) is 9.09. The minimum absolute atomic E-state index is 0.0583. The summed E-state index contributed by atoms with van der Waals surface area (Å²) in [4.78, 5) is 70.4. The van der Waals surface area contributed by atoms with Crippen molar-refractivity contribution in [2.75, 3.05) is 27.3 Å². The van der Waals surface area contributed by atoms with Crippen molar-refractivity contribution in [3.8, 4) is 28.1 Å². The molecule has 1 aliphatic heterocycles. The third-order valence-electron chi connectivity index (χ3n) is 12.2. The summed E-state index contributed by atoms with van der Waals surface area (Å²) in [5.74, 6) is 2.46. The van der Waals surface area contributed by atoms with Crippen molar-refractivity contribution < 1.29 is 33.4 Å². The number of carbonyl (C=O) groups excluding carboxylic acids is 4. The molecule has 0 saturated heterocycles. The number of nitrogens with one attached hydrogen (secondary N) is 4. The first-order chi connectivity index (χ1) is 28.1. The molecule has 8 rings (SSSR count). The van der Waals surface area contributed by atoms with E-state index in [1.807, 2.05) is 15.9 Å². The Bertz CT molecular complexity index is 2370. The van der Waals surface area contributed by atoms with Gasteiger partial charge in [0.1, 0.15) is 37.1 Å². The number of methoxy groups -OCH3 is 2. The van der Waals surface area contributed by atoms with Crippen LogP contribution in [-0.4, -0.2) is 93.1 Å². The first kappa shape index (κ1) is 38.7. The lowest BCUT2D eigenvalue weighted by atomic mass is 9.92. The van der Waals surface area contributed by atoms with Crippen molar-refractivity contribution in [3.05, 3.63) is 65.9 Å². The van der Waals surface area contributed by atoms with Gasteiger partial charge in [-0.2, -0.15) is 0 Å². The molecule has 2 aromatic heterocycles. The van der Waals surface area contributed by atoms with Gasteiger partial charge < -0.3 is 44.6 Å². The maximum absolute atomic E-state index is 13.4. The molecule has 15 nitrogen and oxygen atoms in total. The van der Waals surface area contributed by atoms with E-state index in [4.69, 9.17) is 9.72 Å². The van der Waals surface area contributed by atoms with Gasteiger partial charge in [-0.3, -0.25) is 9.59 Å². The first-order valence-electron chi connectivity index (χ1n) is 20.1. The number of imidazole rings is 2. The number of nitrogens with zero attached hydrogens (tertiary/aromatic N) is 4. The molecule has 15 heteroatoms. The largest absolute Gasteiger partial charge is 0.488 e. The fourth-order valence-electron chi connectivity index (χ4n) is 9.09. The fraction of sp³-hybridized carbons (Fsp3) is 0.442. The lowest BCUT2D eigenvalue weighted by Crippen LogP contribution is -2.46. The molecule has 5 aromatic rings. The summed E-state index contributed by atoms with van der Waals surface area (Å²) in [7, 11) is 2.55. The smallest absolute Gasteiger partial charge is 0.407 e. The zero-order chi connectivity index (χ0) is 40.5. The van der Waals surface area contributed by atoms with Crippen LogP contribution in [0.1, 0.15) is 69.6 Å². The molecule has 2 aliphatic carbocycles. The number of benzene rings is 3. The molecule has 3 aromatic carbocycles. The van der Waals surface area contributed by atoms with Crippen LogP contribution in [-0.2, 0) is 38.8 Å². The van der Waals surface area contributed by atoms with Gasteiger partial charge in [-0.05, 0) is 83.9 Å². The second-order valence-electron chi connectivity index (χ2n) is 15.8. The van der Waals surface area contributed by atoms with Gasteiger partial charge in [0.2, 0.25) is 11.8 Å².